The number of rotatable bonds is 8. The number of benzene rings is 1. The standard InChI is InChI=1S/C18H28N2O5S.ClH/c1-5-24-15-12-18(19,17(15,2)3)16(21)20-13-7-6-8-14(11-13)25-9-10-26(4,22)23;/h6-8,11,15H,5,9-10,12,19H2,1-4H3,(H,20,21);1H. The van der Waals surface area contributed by atoms with Crippen molar-refractivity contribution in [3.8, 4) is 5.75 Å². The molecule has 1 amide bonds. The zero-order valence-corrected chi connectivity index (χ0v) is 17.8. The van der Waals surface area contributed by atoms with Gasteiger partial charge in [0, 0.05) is 36.5 Å². The molecule has 0 bridgehead atoms. The summed E-state index contributed by atoms with van der Waals surface area (Å²) in [6.07, 6.45) is 1.57. The third-order valence-electron chi connectivity index (χ3n) is 5.05. The van der Waals surface area contributed by atoms with E-state index in [4.69, 9.17) is 15.2 Å². The van der Waals surface area contributed by atoms with Gasteiger partial charge in [-0.1, -0.05) is 19.9 Å². The van der Waals surface area contributed by atoms with Crippen LogP contribution in [0.2, 0.25) is 0 Å². The third kappa shape index (κ3) is 5.34. The second-order valence-electron chi connectivity index (χ2n) is 7.30. The van der Waals surface area contributed by atoms with Crippen LogP contribution in [-0.2, 0) is 19.4 Å². The largest absolute Gasteiger partial charge is 0.492 e. The molecule has 154 valence electrons. The first-order valence-corrected chi connectivity index (χ1v) is 10.7. The molecule has 0 aromatic heterocycles. The molecule has 0 radical (unpaired) electrons. The van der Waals surface area contributed by atoms with E-state index in [1.165, 1.54) is 0 Å². The van der Waals surface area contributed by atoms with Gasteiger partial charge in [-0.2, -0.15) is 0 Å². The Morgan fingerprint density at radius 2 is 2.04 bits per heavy atom. The summed E-state index contributed by atoms with van der Waals surface area (Å²) in [6.45, 7) is 6.42. The number of sulfone groups is 1. The number of nitrogens with two attached hydrogens (primary N) is 1. The highest BCUT2D eigenvalue weighted by atomic mass is 35.5. The van der Waals surface area contributed by atoms with Crippen LogP contribution in [0.25, 0.3) is 0 Å². The number of carbonyl (C=O) groups excluding carboxylic acids is 1. The van der Waals surface area contributed by atoms with Crippen LogP contribution in [0.5, 0.6) is 5.75 Å². The highest BCUT2D eigenvalue weighted by molar-refractivity contribution is 7.90. The van der Waals surface area contributed by atoms with Gasteiger partial charge in [-0.3, -0.25) is 4.79 Å². The van der Waals surface area contributed by atoms with Crippen molar-refractivity contribution >= 4 is 33.8 Å². The molecule has 0 spiro atoms. The smallest absolute Gasteiger partial charge is 0.245 e. The Morgan fingerprint density at radius 1 is 1.37 bits per heavy atom. The molecule has 27 heavy (non-hydrogen) atoms. The van der Waals surface area contributed by atoms with Crippen molar-refractivity contribution in [1.82, 2.24) is 0 Å². The van der Waals surface area contributed by atoms with Crippen molar-refractivity contribution in [2.45, 2.75) is 38.8 Å². The Bertz CT molecular complexity index is 769. The lowest BCUT2D eigenvalue weighted by molar-refractivity contribution is -0.166. The molecule has 2 atom stereocenters. The lowest BCUT2D eigenvalue weighted by Crippen LogP contribution is -2.74. The Hall–Kier alpha value is -1.35. The van der Waals surface area contributed by atoms with Crippen LogP contribution in [0.3, 0.4) is 0 Å². The first-order valence-electron chi connectivity index (χ1n) is 8.62. The van der Waals surface area contributed by atoms with Gasteiger partial charge in [0.2, 0.25) is 5.91 Å². The average Bonchev–Trinajstić information content (AvgIpc) is 2.53. The third-order valence-corrected chi connectivity index (χ3v) is 5.96. The Labute approximate surface area is 167 Å². The maximum absolute atomic E-state index is 12.7. The molecule has 1 aliphatic carbocycles. The molecule has 0 saturated heterocycles. The van der Waals surface area contributed by atoms with E-state index in [-0.39, 0.29) is 36.8 Å². The topological polar surface area (TPSA) is 108 Å². The Kier molecular flexibility index (Phi) is 7.69. The molecule has 2 unspecified atom stereocenters. The van der Waals surface area contributed by atoms with Crippen molar-refractivity contribution in [3.63, 3.8) is 0 Å². The monoisotopic (exact) mass is 420 g/mol. The summed E-state index contributed by atoms with van der Waals surface area (Å²) >= 11 is 0. The van der Waals surface area contributed by atoms with Crippen molar-refractivity contribution in [2.24, 2.45) is 11.1 Å². The number of amides is 1. The minimum Gasteiger partial charge on any atom is -0.492 e. The van der Waals surface area contributed by atoms with Gasteiger partial charge in [-0.15, -0.1) is 12.4 Å². The molecule has 2 rings (SSSR count). The normalized spacial score (nSPS) is 23.7. The number of hydrogen-bond donors (Lipinski definition) is 2. The first-order chi connectivity index (χ1) is 12.0. The van der Waals surface area contributed by atoms with Gasteiger partial charge in [0.05, 0.1) is 11.9 Å². The molecule has 0 aliphatic heterocycles. The Morgan fingerprint density at radius 3 is 2.59 bits per heavy atom. The van der Waals surface area contributed by atoms with Crippen LogP contribution in [-0.4, -0.2) is 51.2 Å². The number of halogens is 1. The van der Waals surface area contributed by atoms with Crippen LogP contribution in [0.4, 0.5) is 5.69 Å². The quantitative estimate of drug-likeness (QED) is 0.665. The molecular formula is C18H29ClN2O5S. The lowest BCUT2D eigenvalue weighted by atomic mass is 9.54. The van der Waals surface area contributed by atoms with Crippen LogP contribution < -0.4 is 15.8 Å². The summed E-state index contributed by atoms with van der Waals surface area (Å²) < 4.78 is 33.4. The molecule has 7 nitrogen and oxygen atoms in total. The molecule has 9 heteroatoms. The maximum atomic E-state index is 12.7. The zero-order chi connectivity index (χ0) is 19.6. The SMILES string of the molecule is CCOC1CC(N)(C(=O)Nc2cccc(OCCS(C)(=O)=O)c2)C1(C)C.Cl. The summed E-state index contributed by atoms with van der Waals surface area (Å²) in [4.78, 5) is 12.7. The van der Waals surface area contributed by atoms with Crippen molar-refractivity contribution in [1.29, 1.82) is 0 Å². The minimum absolute atomic E-state index is 0. The highest BCUT2D eigenvalue weighted by Gasteiger charge is 2.62. The molecular weight excluding hydrogens is 392 g/mol. The van der Waals surface area contributed by atoms with E-state index >= 15 is 0 Å². The maximum Gasteiger partial charge on any atom is 0.245 e. The van der Waals surface area contributed by atoms with Crippen LogP contribution in [0, 0.1) is 5.41 Å². The van der Waals surface area contributed by atoms with Crippen LogP contribution in [0.1, 0.15) is 27.2 Å². The van der Waals surface area contributed by atoms with E-state index in [0.29, 0.717) is 24.5 Å². The molecule has 1 fully saturated rings. The zero-order valence-electron chi connectivity index (χ0n) is 16.2. The highest BCUT2D eigenvalue weighted by Crippen LogP contribution is 2.50. The fourth-order valence-electron chi connectivity index (χ4n) is 3.04. The van der Waals surface area contributed by atoms with E-state index in [1.807, 2.05) is 20.8 Å². The van der Waals surface area contributed by atoms with Gasteiger partial charge < -0.3 is 20.5 Å². The predicted molar refractivity (Wildman–Crippen MR) is 108 cm³/mol. The van der Waals surface area contributed by atoms with Gasteiger partial charge in [0.1, 0.15) is 17.9 Å². The van der Waals surface area contributed by atoms with Gasteiger partial charge in [-0.05, 0) is 19.1 Å². The van der Waals surface area contributed by atoms with E-state index in [9.17, 15) is 13.2 Å². The number of anilines is 1. The number of ether oxygens (including phenoxy) is 2. The summed E-state index contributed by atoms with van der Waals surface area (Å²) in [6, 6.07) is 6.81. The molecule has 1 saturated carbocycles. The van der Waals surface area contributed by atoms with E-state index < -0.39 is 20.8 Å². The number of carbonyl (C=O) groups is 1. The summed E-state index contributed by atoms with van der Waals surface area (Å²) in [5.74, 6) is 0.145. The fraction of sp³-hybridized carbons (Fsp3) is 0.611. The lowest BCUT2D eigenvalue weighted by Gasteiger charge is -2.57. The second-order valence-corrected chi connectivity index (χ2v) is 9.56. The van der Waals surface area contributed by atoms with E-state index in [2.05, 4.69) is 5.32 Å². The fourth-order valence-corrected chi connectivity index (χ4v) is 3.42. The average molecular weight is 421 g/mol. The summed E-state index contributed by atoms with van der Waals surface area (Å²) in [5.41, 5.74) is 5.43. The van der Waals surface area contributed by atoms with Gasteiger partial charge >= 0.3 is 0 Å². The van der Waals surface area contributed by atoms with Gasteiger partial charge in [0.15, 0.2) is 9.84 Å². The molecule has 0 heterocycles. The van der Waals surface area contributed by atoms with Crippen molar-refractivity contribution in [3.05, 3.63) is 24.3 Å². The van der Waals surface area contributed by atoms with Gasteiger partial charge in [0.25, 0.3) is 0 Å². The predicted octanol–water partition coefficient (Wildman–Crippen LogP) is 2.00. The van der Waals surface area contributed by atoms with E-state index in [1.54, 1.807) is 24.3 Å². The second kappa shape index (κ2) is 8.77. The number of nitrogens with one attached hydrogen (secondary N) is 1. The molecule has 3 N–H and O–H groups in total. The van der Waals surface area contributed by atoms with E-state index in [0.717, 1.165) is 6.26 Å². The van der Waals surface area contributed by atoms with Gasteiger partial charge in [-0.25, -0.2) is 8.42 Å². The van der Waals surface area contributed by atoms with Crippen molar-refractivity contribution in [2.75, 3.05) is 30.5 Å². The summed E-state index contributed by atoms with van der Waals surface area (Å²) in [7, 11) is -3.08. The summed E-state index contributed by atoms with van der Waals surface area (Å²) in [5, 5.41) is 2.83. The molecule has 1 aromatic rings. The van der Waals surface area contributed by atoms with Crippen molar-refractivity contribution < 1.29 is 22.7 Å². The molecule has 1 aliphatic rings. The van der Waals surface area contributed by atoms with Crippen LogP contribution >= 0.6 is 12.4 Å². The first kappa shape index (κ1) is 23.7. The Balaban J connectivity index is 0.00000364. The minimum atomic E-state index is -3.08. The molecule has 1 aromatic carbocycles. The van der Waals surface area contributed by atoms with Crippen LogP contribution in [0.15, 0.2) is 24.3 Å². The number of hydrogen-bond acceptors (Lipinski definition) is 6.